The lowest BCUT2D eigenvalue weighted by molar-refractivity contribution is -0.140. The molecular formula is C10H15NO2. The van der Waals surface area contributed by atoms with Crippen LogP contribution in [0.5, 0.6) is 0 Å². The van der Waals surface area contributed by atoms with Crippen molar-refractivity contribution in [2.24, 2.45) is 5.92 Å². The van der Waals surface area contributed by atoms with E-state index < -0.39 is 0 Å². The molecule has 0 unspecified atom stereocenters. The lowest BCUT2D eigenvalue weighted by Crippen LogP contribution is -2.38. The van der Waals surface area contributed by atoms with E-state index in [2.05, 4.69) is 5.92 Å². The maximum atomic E-state index is 11.7. The van der Waals surface area contributed by atoms with Crippen molar-refractivity contribution in [3.05, 3.63) is 0 Å². The Balaban J connectivity index is 2.52. The SMILES string of the molecule is C#CCN(C)C(=O)[C@H]1OCC[C@H]1C. The van der Waals surface area contributed by atoms with Gasteiger partial charge in [-0.1, -0.05) is 12.8 Å². The fourth-order valence-corrected chi connectivity index (χ4v) is 1.44. The van der Waals surface area contributed by atoms with Gasteiger partial charge >= 0.3 is 0 Å². The molecule has 2 atom stereocenters. The summed E-state index contributed by atoms with van der Waals surface area (Å²) in [4.78, 5) is 13.2. The Morgan fingerprint density at radius 3 is 2.92 bits per heavy atom. The first-order valence-corrected chi connectivity index (χ1v) is 4.47. The van der Waals surface area contributed by atoms with Crippen LogP contribution in [-0.4, -0.2) is 37.1 Å². The predicted molar refractivity (Wildman–Crippen MR) is 50.0 cm³/mol. The summed E-state index contributed by atoms with van der Waals surface area (Å²) in [6.07, 6.45) is 5.80. The predicted octanol–water partition coefficient (Wildman–Crippen LogP) is 0.503. The van der Waals surface area contributed by atoms with Crippen LogP contribution in [0.25, 0.3) is 0 Å². The molecule has 1 heterocycles. The van der Waals surface area contributed by atoms with Crippen LogP contribution in [0, 0.1) is 18.3 Å². The van der Waals surface area contributed by atoms with Gasteiger partial charge in [-0.15, -0.1) is 6.42 Å². The van der Waals surface area contributed by atoms with Gasteiger partial charge in [-0.25, -0.2) is 0 Å². The van der Waals surface area contributed by atoms with Crippen molar-refractivity contribution in [1.82, 2.24) is 4.90 Å². The van der Waals surface area contributed by atoms with Crippen LogP contribution in [-0.2, 0) is 9.53 Å². The van der Waals surface area contributed by atoms with Gasteiger partial charge in [-0.3, -0.25) is 4.79 Å². The molecule has 1 rings (SSSR count). The summed E-state index contributed by atoms with van der Waals surface area (Å²) in [6, 6.07) is 0. The molecule has 1 amide bonds. The number of rotatable bonds is 2. The molecule has 3 heteroatoms. The summed E-state index contributed by atoms with van der Waals surface area (Å²) in [5, 5.41) is 0. The fourth-order valence-electron chi connectivity index (χ4n) is 1.44. The number of carbonyl (C=O) groups is 1. The molecule has 0 bridgehead atoms. The van der Waals surface area contributed by atoms with Gasteiger partial charge in [-0.2, -0.15) is 0 Å². The summed E-state index contributed by atoms with van der Waals surface area (Å²) in [5.74, 6) is 2.75. The lowest BCUT2D eigenvalue weighted by atomic mass is 10.0. The second-order valence-electron chi connectivity index (χ2n) is 3.46. The van der Waals surface area contributed by atoms with Crippen LogP contribution >= 0.6 is 0 Å². The van der Waals surface area contributed by atoms with E-state index in [1.54, 1.807) is 7.05 Å². The van der Waals surface area contributed by atoms with Gasteiger partial charge in [0.05, 0.1) is 6.54 Å². The molecule has 0 spiro atoms. The highest BCUT2D eigenvalue weighted by atomic mass is 16.5. The number of hydrogen-bond acceptors (Lipinski definition) is 2. The molecule has 0 radical (unpaired) electrons. The largest absolute Gasteiger partial charge is 0.368 e. The molecule has 0 aromatic rings. The first-order chi connectivity index (χ1) is 6.16. The molecule has 72 valence electrons. The van der Waals surface area contributed by atoms with Gasteiger partial charge in [0.25, 0.3) is 5.91 Å². The van der Waals surface area contributed by atoms with E-state index in [1.807, 2.05) is 6.92 Å². The Morgan fingerprint density at radius 2 is 2.46 bits per heavy atom. The van der Waals surface area contributed by atoms with E-state index in [0.717, 1.165) is 6.42 Å². The molecule has 0 aliphatic carbocycles. The van der Waals surface area contributed by atoms with E-state index >= 15 is 0 Å². The lowest BCUT2D eigenvalue weighted by Gasteiger charge is -2.20. The molecular weight excluding hydrogens is 166 g/mol. The van der Waals surface area contributed by atoms with Crippen molar-refractivity contribution >= 4 is 5.91 Å². The third kappa shape index (κ3) is 2.22. The van der Waals surface area contributed by atoms with Gasteiger partial charge in [-0.05, 0) is 12.3 Å². The van der Waals surface area contributed by atoms with Crippen molar-refractivity contribution in [1.29, 1.82) is 0 Å². The molecule has 1 aliphatic rings. The van der Waals surface area contributed by atoms with E-state index in [1.165, 1.54) is 4.90 Å². The van der Waals surface area contributed by atoms with E-state index in [0.29, 0.717) is 19.1 Å². The minimum atomic E-state index is -0.279. The third-order valence-electron chi connectivity index (χ3n) is 2.34. The highest BCUT2D eigenvalue weighted by molar-refractivity contribution is 5.81. The zero-order valence-corrected chi connectivity index (χ0v) is 8.12. The summed E-state index contributed by atoms with van der Waals surface area (Å²) < 4.78 is 5.33. The maximum Gasteiger partial charge on any atom is 0.252 e. The number of ether oxygens (including phenoxy) is 1. The average Bonchev–Trinajstić information content (AvgIpc) is 2.50. The third-order valence-corrected chi connectivity index (χ3v) is 2.34. The van der Waals surface area contributed by atoms with E-state index in [4.69, 9.17) is 11.2 Å². The zero-order chi connectivity index (χ0) is 9.84. The number of nitrogens with zero attached hydrogens (tertiary/aromatic N) is 1. The molecule has 1 saturated heterocycles. The molecule has 0 N–H and O–H groups in total. The van der Waals surface area contributed by atoms with E-state index in [-0.39, 0.29) is 12.0 Å². The number of carbonyl (C=O) groups excluding carboxylic acids is 1. The summed E-state index contributed by atoms with van der Waals surface area (Å²) in [7, 11) is 1.70. The van der Waals surface area contributed by atoms with Crippen molar-refractivity contribution < 1.29 is 9.53 Å². The van der Waals surface area contributed by atoms with Crippen molar-refractivity contribution in [3.8, 4) is 12.3 Å². The van der Waals surface area contributed by atoms with Gasteiger partial charge in [0, 0.05) is 13.7 Å². The van der Waals surface area contributed by atoms with Gasteiger partial charge in [0.15, 0.2) is 0 Å². The second-order valence-corrected chi connectivity index (χ2v) is 3.46. The smallest absolute Gasteiger partial charge is 0.252 e. The highest BCUT2D eigenvalue weighted by Crippen LogP contribution is 2.21. The monoisotopic (exact) mass is 181 g/mol. The zero-order valence-electron chi connectivity index (χ0n) is 8.12. The Morgan fingerprint density at radius 1 is 1.77 bits per heavy atom. The van der Waals surface area contributed by atoms with Crippen LogP contribution in [0.3, 0.4) is 0 Å². The van der Waals surface area contributed by atoms with Crippen molar-refractivity contribution in [2.75, 3.05) is 20.2 Å². The van der Waals surface area contributed by atoms with Crippen LogP contribution in [0.4, 0.5) is 0 Å². The Labute approximate surface area is 79.1 Å². The first kappa shape index (κ1) is 10.1. The molecule has 1 aliphatic heterocycles. The first-order valence-electron chi connectivity index (χ1n) is 4.47. The van der Waals surface area contributed by atoms with Gasteiger partial charge in [0.2, 0.25) is 0 Å². The minimum Gasteiger partial charge on any atom is -0.368 e. The normalized spacial score (nSPS) is 26.8. The van der Waals surface area contributed by atoms with Gasteiger partial charge < -0.3 is 9.64 Å². The van der Waals surface area contributed by atoms with Crippen molar-refractivity contribution in [2.45, 2.75) is 19.4 Å². The van der Waals surface area contributed by atoms with Crippen LogP contribution in [0.1, 0.15) is 13.3 Å². The number of amides is 1. The molecule has 1 fully saturated rings. The molecule has 13 heavy (non-hydrogen) atoms. The highest BCUT2D eigenvalue weighted by Gasteiger charge is 2.32. The van der Waals surface area contributed by atoms with Crippen LogP contribution < -0.4 is 0 Å². The Bertz CT molecular complexity index is 232. The maximum absolute atomic E-state index is 11.7. The Hall–Kier alpha value is -1.01. The molecule has 0 aromatic heterocycles. The fraction of sp³-hybridized carbons (Fsp3) is 0.700. The summed E-state index contributed by atoms with van der Waals surface area (Å²) in [5.41, 5.74) is 0. The minimum absolute atomic E-state index is 0.00273. The Kier molecular flexibility index (Phi) is 3.32. The number of likely N-dealkylation sites (N-methyl/N-ethyl adjacent to an activating group) is 1. The molecule has 0 saturated carbocycles. The van der Waals surface area contributed by atoms with Crippen LogP contribution in [0.2, 0.25) is 0 Å². The van der Waals surface area contributed by atoms with Gasteiger partial charge in [0.1, 0.15) is 6.10 Å². The quantitative estimate of drug-likeness (QED) is 0.581. The van der Waals surface area contributed by atoms with Crippen LogP contribution in [0.15, 0.2) is 0 Å². The summed E-state index contributed by atoms with van der Waals surface area (Å²) in [6.45, 7) is 3.06. The topological polar surface area (TPSA) is 29.5 Å². The average molecular weight is 181 g/mol. The van der Waals surface area contributed by atoms with E-state index in [9.17, 15) is 4.79 Å². The second kappa shape index (κ2) is 4.29. The number of terminal acetylenes is 1. The molecule has 3 nitrogen and oxygen atoms in total. The number of hydrogen-bond donors (Lipinski definition) is 0. The summed E-state index contributed by atoms with van der Waals surface area (Å²) >= 11 is 0. The molecule has 0 aromatic carbocycles. The van der Waals surface area contributed by atoms with Crippen molar-refractivity contribution in [3.63, 3.8) is 0 Å². The standard InChI is InChI=1S/C10H15NO2/c1-4-6-11(3)10(12)9-8(2)5-7-13-9/h1,8-9H,5-7H2,2-3H3/t8-,9+/m1/s1.